The quantitative estimate of drug-likeness (QED) is 0.509. The maximum absolute atomic E-state index is 12.0. The van der Waals surface area contributed by atoms with E-state index < -0.39 is 22.1 Å². The highest BCUT2D eigenvalue weighted by molar-refractivity contribution is 7.89. The highest BCUT2D eigenvalue weighted by Gasteiger charge is 2.30. The Labute approximate surface area is 118 Å². The van der Waals surface area contributed by atoms with Crippen molar-refractivity contribution in [1.82, 2.24) is 4.31 Å². The van der Waals surface area contributed by atoms with Gasteiger partial charge >= 0.3 is 5.97 Å². The molecule has 0 radical (unpaired) electrons. The van der Waals surface area contributed by atoms with Crippen molar-refractivity contribution in [3.05, 3.63) is 0 Å². The van der Waals surface area contributed by atoms with Crippen molar-refractivity contribution < 1.29 is 22.7 Å². The number of carbonyl (C=O) groups excluding carboxylic acids is 1. The Morgan fingerprint density at radius 2 is 2.26 bits per heavy atom. The highest BCUT2D eigenvalue weighted by atomic mass is 32.2. The number of nitrogens with two attached hydrogens (primary N) is 1. The van der Waals surface area contributed by atoms with Gasteiger partial charge in [0.2, 0.25) is 10.0 Å². The van der Waals surface area contributed by atoms with E-state index in [4.69, 9.17) is 27.4 Å². The van der Waals surface area contributed by atoms with Crippen LogP contribution in [0.4, 0.5) is 0 Å². The second kappa shape index (κ2) is 7.13. The summed E-state index contributed by atoms with van der Waals surface area (Å²) in [5.74, 6) is -0.805. The molecule has 1 atom stereocenters. The van der Waals surface area contributed by atoms with Crippen molar-refractivity contribution in [2.75, 3.05) is 32.1 Å². The van der Waals surface area contributed by atoms with Crippen LogP contribution in [0.15, 0.2) is 0 Å². The summed E-state index contributed by atoms with van der Waals surface area (Å²) < 4.78 is 35.3. The molecule has 0 spiro atoms. The SMILES string of the molecule is CCOC(=O)CCS(=O)(=O)N1CCOC(C(N)=S)C1. The maximum atomic E-state index is 12.0. The molecule has 1 aliphatic heterocycles. The van der Waals surface area contributed by atoms with Gasteiger partial charge in [-0.1, -0.05) is 12.2 Å². The average molecular weight is 310 g/mol. The van der Waals surface area contributed by atoms with E-state index in [1.54, 1.807) is 6.92 Å². The van der Waals surface area contributed by atoms with Gasteiger partial charge in [-0.3, -0.25) is 4.79 Å². The standard InChI is InChI=1S/C10H18N2O5S2/c1-2-16-9(13)3-6-19(14,15)12-4-5-17-8(7-12)10(11)18/h8H,2-7H2,1H3,(H2,11,18). The fourth-order valence-corrected chi connectivity index (χ4v) is 3.17. The molecule has 0 aliphatic carbocycles. The molecule has 1 fully saturated rings. The largest absolute Gasteiger partial charge is 0.466 e. The van der Waals surface area contributed by atoms with E-state index >= 15 is 0 Å². The Kier molecular flexibility index (Phi) is 6.11. The van der Waals surface area contributed by atoms with E-state index in [0.29, 0.717) is 0 Å². The number of nitrogens with zero attached hydrogens (tertiary/aromatic N) is 1. The summed E-state index contributed by atoms with van der Waals surface area (Å²) >= 11 is 4.79. The predicted molar refractivity (Wildman–Crippen MR) is 73.1 cm³/mol. The minimum Gasteiger partial charge on any atom is -0.466 e. The zero-order valence-corrected chi connectivity index (χ0v) is 12.3. The molecular formula is C10H18N2O5S2. The summed E-state index contributed by atoms with van der Waals surface area (Å²) in [5, 5.41) is 0. The lowest BCUT2D eigenvalue weighted by Crippen LogP contribution is -2.50. The number of sulfonamides is 1. The molecule has 19 heavy (non-hydrogen) atoms. The first kappa shape index (κ1) is 16.3. The van der Waals surface area contributed by atoms with Crippen molar-refractivity contribution >= 4 is 33.2 Å². The van der Waals surface area contributed by atoms with Crippen LogP contribution in [0.3, 0.4) is 0 Å². The number of rotatable bonds is 6. The summed E-state index contributed by atoms with van der Waals surface area (Å²) in [6, 6.07) is 0. The number of hydrogen-bond acceptors (Lipinski definition) is 6. The minimum absolute atomic E-state index is 0.0977. The Hall–Kier alpha value is -0.770. The van der Waals surface area contributed by atoms with Crippen LogP contribution < -0.4 is 5.73 Å². The second-order valence-electron chi connectivity index (χ2n) is 3.99. The molecule has 1 unspecified atom stereocenters. The molecule has 0 saturated carbocycles. The summed E-state index contributed by atoms with van der Waals surface area (Å²) in [7, 11) is -3.53. The second-order valence-corrected chi connectivity index (χ2v) is 6.55. The summed E-state index contributed by atoms with van der Waals surface area (Å²) in [4.78, 5) is 11.3. The lowest BCUT2D eigenvalue weighted by molar-refractivity contribution is -0.142. The molecule has 1 aliphatic rings. The lowest BCUT2D eigenvalue weighted by Gasteiger charge is -2.31. The first-order valence-corrected chi connectivity index (χ1v) is 7.93. The van der Waals surface area contributed by atoms with Crippen LogP contribution >= 0.6 is 12.2 Å². The third-order valence-electron chi connectivity index (χ3n) is 2.61. The smallest absolute Gasteiger partial charge is 0.306 e. The topological polar surface area (TPSA) is 98.9 Å². The van der Waals surface area contributed by atoms with Gasteiger partial charge in [0.05, 0.1) is 25.4 Å². The van der Waals surface area contributed by atoms with Gasteiger partial charge in [0.15, 0.2) is 0 Å². The fraction of sp³-hybridized carbons (Fsp3) is 0.800. The van der Waals surface area contributed by atoms with Crippen LogP contribution in [-0.4, -0.2) is 61.8 Å². The van der Waals surface area contributed by atoms with E-state index in [0.717, 1.165) is 0 Å². The van der Waals surface area contributed by atoms with Crippen molar-refractivity contribution in [3.63, 3.8) is 0 Å². The molecule has 110 valence electrons. The molecule has 1 saturated heterocycles. The Morgan fingerprint density at radius 1 is 1.58 bits per heavy atom. The Balaban J connectivity index is 2.56. The van der Waals surface area contributed by atoms with Crippen molar-refractivity contribution in [1.29, 1.82) is 0 Å². The first-order chi connectivity index (χ1) is 8.86. The molecule has 0 aromatic rings. The van der Waals surface area contributed by atoms with Gasteiger partial charge in [-0.15, -0.1) is 0 Å². The average Bonchev–Trinajstić information content (AvgIpc) is 2.37. The minimum atomic E-state index is -3.53. The molecule has 1 heterocycles. The highest BCUT2D eigenvalue weighted by Crippen LogP contribution is 2.12. The number of thiocarbonyl (C=S) groups is 1. The number of morpholine rings is 1. The zero-order chi connectivity index (χ0) is 14.5. The van der Waals surface area contributed by atoms with E-state index in [2.05, 4.69) is 0 Å². The molecule has 1 rings (SSSR count). The summed E-state index contributed by atoms with van der Waals surface area (Å²) in [6.45, 7) is 2.48. The van der Waals surface area contributed by atoms with Crippen LogP contribution in [0.1, 0.15) is 13.3 Å². The third-order valence-corrected chi connectivity index (χ3v) is 4.71. The van der Waals surface area contributed by atoms with Gasteiger partial charge in [-0.25, -0.2) is 8.42 Å². The van der Waals surface area contributed by atoms with Crippen molar-refractivity contribution in [2.45, 2.75) is 19.4 Å². The first-order valence-electron chi connectivity index (χ1n) is 5.91. The van der Waals surface area contributed by atoms with Gasteiger partial charge in [0.1, 0.15) is 11.1 Å². The van der Waals surface area contributed by atoms with Crippen molar-refractivity contribution in [3.8, 4) is 0 Å². The van der Waals surface area contributed by atoms with Crippen LogP contribution in [-0.2, 0) is 24.3 Å². The van der Waals surface area contributed by atoms with Crippen LogP contribution in [0.5, 0.6) is 0 Å². The molecule has 2 N–H and O–H groups in total. The molecule has 0 bridgehead atoms. The van der Waals surface area contributed by atoms with Gasteiger partial charge in [0.25, 0.3) is 0 Å². The third kappa shape index (κ3) is 5.01. The van der Waals surface area contributed by atoms with E-state index in [-0.39, 0.29) is 43.5 Å². The van der Waals surface area contributed by atoms with E-state index in [1.807, 2.05) is 0 Å². The van der Waals surface area contributed by atoms with Gasteiger partial charge in [0, 0.05) is 13.1 Å². The molecule has 0 aromatic heterocycles. The zero-order valence-electron chi connectivity index (χ0n) is 10.7. The van der Waals surface area contributed by atoms with E-state index in [9.17, 15) is 13.2 Å². The molecular weight excluding hydrogens is 292 g/mol. The number of esters is 1. The monoisotopic (exact) mass is 310 g/mol. The number of ether oxygens (including phenoxy) is 2. The van der Waals surface area contributed by atoms with Crippen LogP contribution in [0.25, 0.3) is 0 Å². The van der Waals surface area contributed by atoms with Gasteiger partial charge in [-0.2, -0.15) is 4.31 Å². The summed E-state index contributed by atoms with van der Waals surface area (Å²) in [6.07, 6.45) is -0.730. The Bertz CT molecular complexity index is 437. The normalized spacial score (nSPS) is 21.0. The molecule has 7 nitrogen and oxygen atoms in total. The molecule has 0 aromatic carbocycles. The van der Waals surface area contributed by atoms with Crippen LogP contribution in [0, 0.1) is 0 Å². The van der Waals surface area contributed by atoms with Gasteiger partial charge < -0.3 is 15.2 Å². The van der Waals surface area contributed by atoms with Gasteiger partial charge in [-0.05, 0) is 6.92 Å². The lowest BCUT2D eigenvalue weighted by atomic mass is 10.3. The van der Waals surface area contributed by atoms with E-state index in [1.165, 1.54) is 4.31 Å². The van der Waals surface area contributed by atoms with Crippen LogP contribution in [0.2, 0.25) is 0 Å². The molecule has 9 heteroatoms. The summed E-state index contributed by atoms with van der Waals surface area (Å²) in [5.41, 5.74) is 5.45. The van der Waals surface area contributed by atoms with Crippen molar-refractivity contribution in [2.24, 2.45) is 5.73 Å². The predicted octanol–water partition coefficient (Wildman–Crippen LogP) is -0.744. The fourth-order valence-electron chi connectivity index (χ4n) is 1.63. The Morgan fingerprint density at radius 3 is 2.84 bits per heavy atom. The number of hydrogen-bond donors (Lipinski definition) is 1. The molecule has 0 amide bonds. The number of carbonyl (C=O) groups is 1. The maximum Gasteiger partial charge on any atom is 0.306 e.